The van der Waals surface area contributed by atoms with Crippen molar-refractivity contribution in [1.82, 2.24) is 5.32 Å². The van der Waals surface area contributed by atoms with Crippen LogP contribution in [0.4, 0.5) is 0 Å². The van der Waals surface area contributed by atoms with Crippen molar-refractivity contribution in [2.24, 2.45) is 5.73 Å². The van der Waals surface area contributed by atoms with E-state index in [1.807, 2.05) is 0 Å². The van der Waals surface area contributed by atoms with E-state index in [2.05, 4.69) is 62.5 Å². The molecule has 0 saturated heterocycles. The number of hydrogen-bond donors (Lipinski definition) is 2. The van der Waals surface area contributed by atoms with Gasteiger partial charge in [0, 0.05) is 19.4 Å². The predicted molar refractivity (Wildman–Crippen MR) is 205 cm³/mol. The fraction of sp³-hybridized carbons (Fsp3) is 0.810. The Balaban J connectivity index is 0. The van der Waals surface area contributed by atoms with Crippen LogP contribution in [0.1, 0.15) is 213 Å². The maximum Gasteiger partial charge on any atom is 0.219 e. The maximum atomic E-state index is 11.7. The quantitative estimate of drug-likeness (QED) is 0.0540. The van der Waals surface area contributed by atoms with Crippen LogP contribution in [0.25, 0.3) is 0 Å². The summed E-state index contributed by atoms with van der Waals surface area (Å²) in [5.74, 6) is 0.0656. The van der Waals surface area contributed by atoms with Gasteiger partial charge in [0.15, 0.2) is 0 Å². The van der Waals surface area contributed by atoms with Gasteiger partial charge in [-0.1, -0.05) is 179 Å². The van der Waals surface area contributed by atoms with Gasteiger partial charge in [0.2, 0.25) is 11.8 Å². The molecule has 0 aliphatic rings. The van der Waals surface area contributed by atoms with E-state index in [1.165, 1.54) is 135 Å². The predicted octanol–water partition coefficient (Wildman–Crippen LogP) is 13.0. The molecule has 4 nitrogen and oxygen atoms in total. The molecular weight excluding hydrogens is 564 g/mol. The Morgan fingerprint density at radius 3 is 1.24 bits per heavy atom. The standard InChI is InChI=1S/C24H49NO.C18H31NO/c1-3-5-7-9-10-11-12-13-14-15-16-17-18-19-20-22-24(26)25-23-21-8-6-4-2;1-2-3-4-5-6-7-8-9-10-11-12-13-14-15-16-17-18(19)20/h3-23H2,1-2H3,(H,25,26);6-7,9-10,12-13H,2-5,8,11,14-17H2,1H3,(H2,19,20)/b;7-6-,10-9-,13-12-. The molecule has 0 aromatic heterocycles. The number of nitrogens with one attached hydrogen (secondary N) is 1. The van der Waals surface area contributed by atoms with Gasteiger partial charge in [0.05, 0.1) is 0 Å². The van der Waals surface area contributed by atoms with E-state index in [0.717, 1.165) is 57.9 Å². The Labute approximate surface area is 288 Å². The lowest BCUT2D eigenvalue weighted by atomic mass is 10.0. The zero-order chi connectivity index (χ0) is 34.0. The lowest BCUT2D eigenvalue weighted by Gasteiger charge is -2.05. The minimum Gasteiger partial charge on any atom is -0.370 e. The third kappa shape index (κ3) is 46.6. The van der Waals surface area contributed by atoms with E-state index in [-0.39, 0.29) is 11.8 Å². The van der Waals surface area contributed by atoms with E-state index < -0.39 is 0 Å². The van der Waals surface area contributed by atoms with Crippen LogP contribution < -0.4 is 11.1 Å². The number of carbonyl (C=O) groups is 2. The molecule has 3 N–H and O–H groups in total. The van der Waals surface area contributed by atoms with Crippen molar-refractivity contribution >= 4 is 11.8 Å². The van der Waals surface area contributed by atoms with Crippen molar-refractivity contribution in [3.8, 4) is 0 Å². The van der Waals surface area contributed by atoms with Crippen LogP contribution in [0.15, 0.2) is 36.5 Å². The molecule has 0 unspecified atom stereocenters. The van der Waals surface area contributed by atoms with Gasteiger partial charge in [-0.15, -0.1) is 0 Å². The van der Waals surface area contributed by atoms with E-state index >= 15 is 0 Å². The van der Waals surface area contributed by atoms with E-state index in [1.54, 1.807) is 0 Å². The van der Waals surface area contributed by atoms with Crippen molar-refractivity contribution in [2.75, 3.05) is 6.54 Å². The molecule has 0 bridgehead atoms. The molecule has 0 spiro atoms. The highest BCUT2D eigenvalue weighted by Gasteiger charge is 2.00. The smallest absolute Gasteiger partial charge is 0.219 e. The second kappa shape index (κ2) is 43.2. The van der Waals surface area contributed by atoms with Crippen LogP contribution in [0.2, 0.25) is 0 Å². The van der Waals surface area contributed by atoms with Crippen LogP contribution in [-0.4, -0.2) is 18.4 Å². The van der Waals surface area contributed by atoms with E-state index in [9.17, 15) is 9.59 Å². The average molecular weight is 645 g/mol. The zero-order valence-electron chi connectivity index (χ0n) is 31.3. The summed E-state index contributed by atoms with van der Waals surface area (Å²) in [5.41, 5.74) is 5.08. The molecule has 0 fully saturated rings. The molecule has 0 aromatic carbocycles. The summed E-state index contributed by atoms with van der Waals surface area (Å²) in [6.07, 6.45) is 50.3. The van der Waals surface area contributed by atoms with Crippen LogP contribution in [-0.2, 0) is 9.59 Å². The Morgan fingerprint density at radius 1 is 0.435 bits per heavy atom. The van der Waals surface area contributed by atoms with Crippen molar-refractivity contribution in [2.45, 2.75) is 213 Å². The van der Waals surface area contributed by atoms with Gasteiger partial charge in [0.1, 0.15) is 0 Å². The summed E-state index contributed by atoms with van der Waals surface area (Å²) in [6, 6.07) is 0. The number of allylic oxidation sites excluding steroid dienone is 6. The van der Waals surface area contributed by atoms with Gasteiger partial charge in [0.25, 0.3) is 0 Å². The first-order valence-electron chi connectivity index (χ1n) is 20.1. The molecule has 0 radical (unpaired) electrons. The fourth-order valence-corrected chi connectivity index (χ4v) is 5.38. The highest BCUT2D eigenvalue weighted by molar-refractivity contribution is 5.75. The molecule has 0 heterocycles. The molecule has 0 rings (SSSR count). The molecule has 0 atom stereocenters. The Bertz CT molecular complexity index is 698. The van der Waals surface area contributed by atoms with Crippen LogP contribution in [0, 0.1) is 0 Å². The molecule has 46 heavy (non-hydrogen) atoms. The topological polar surface area (TPSA) is 72.2 Å². The van der Waals surface area contributed by atoms with Crippen molar-refractivity contribution < 1.29 is 9.59 Å². The molecule has 0 aliphatic carbocycles. The van der Waals surface area contributed by atoms with E-state index in [0.29, 0.717) is 6.42 Å². The van der Waals surface area contributed by atoms with Gasteiger partial charge < -0.3 is 11.1 Å². The Morgan fingerprint density at radius 2 is 0.783 bits per heavy atom. The largest absolute Gasteiger partial charge is 0.370 e. The normalized spacial score (nSPS) is 11.5. The summed E-state index contributed by atoms with van der Waals surface area (Å²) in [6.45, 7) is 7.61. The molecule has 4 heteroatoms. The lowest BCUT2D eigenvalue weighted by molar-refractivity contribution is -0.121. The summed E-state index contributed by atoms with van der Waals surface area (Å²) >= 11 is 0. The molecular formula is C42H80N2O2. The van der Waals surface area contributed by atoms with Crippen LogP contribution >= 0.6 is 0 Å². The maximum absolute atomic E-state index is 11.7. The van der Waals surface area contributed by atoms with Crippen LogP contribution in [0.5, 0.6) is 0 Å². The summed E-state index contributed by atoms with van der Waals surface area (Å²) in [7, 11) is 0. The third-order valence-electron chi connectivity index (χ3n) is 8.42. The number of hydrogen-bond acceptors (Lipinski definition) is 2. The first-order valence-corrected chi connectivity index (χ1v) is 20.1. The van der Waals surface area contributed by atoms with Gasteiger partial charge in [-0.3, -0.25) is 9.59 Å². The second-order valence-corrected chi connectivity index (χ2v) is 13.2. The highest BCUT2D eigenvalue weighted by Crippen LogP contribution is 2.14. The number of rotatable bonds is 34. The number of carbonyl (C=O) groups excluding carboxylic acids is 2. The van der Waals surface area contributed by atoms with Gasteiger partial charge in [-0.25, -0.2) is 0 Å². The summed E-state index contributed by atoms with van der Waals surface area (Å²) < 4.78 is 0. The summed E-state index contributed by atoms with van der Waals surface area (Å²) in [5, 5.41) is 3.05. The Hall–Kier alpha value is -1.84. The highest BCUT2D eigenvalue weighted by atomic mass is 16.1. The number of nitrogens with two attached hydrogens (primary N) is 1. The second-order valence-electron chi connectivity index (χ2n) is 13.2. The van der Waals surface area contributed by atoms with E-state index in [4.69, 9.17) is 5.73 Å². The zero-order valence-corrected chi connectivity index (χ0v) is 31.3. The summed E-state index contributed by atoms with van der Waals surface area (Å²) in [4.78, 5) is 22.2. The van der Waals surface area contributed by atoms with Crippen molar-refractivity contribution in [1.29, 1.82) is 0 Å². The average Bonchev–Trinajstić information content (AvgIpc) is 3.04. The van der Waals surface area contributed by atoms with Gasteiger partial charge in [-0.2, -0.15) is 0 Å². The lowest BCUT2D eigenvalue weighted by Crippen LogP contribution is -2.23. The van der Waals surface area contributed by atoms with Crippen LogP contribution in [0.3, 0.4) is 0 Å². The molecule has 0 aliphatic heterocycles. The number of unbranched alkanes of at least 4 members (excludes halogenated alkanes) is 22. The molecule has 0 saturated carbocycles. The van der Waals surface area contributed by atoms with Gasteiger partial charge in [-0.05, 0) is 57.8 Å². The first kappa shape index (κ1) is 46.3. The first-order chi connectivity index (χ1) is 22.6. The van der Waals surface area contributed by atoms with Crippen molar-refractivity contribution in [3.63, 3.8) is 0 Å². The number of amides is 2. The van der Waals surface area contributed by atoms with Gasteiger partial charge >= 0.3 is 0 Å². The SMILES string of the molecule is CCCCC/C=C\C/C=C\C/C=C\CCCCC(N)=O.CCCCCCCCCCCCCCCCCC(=O)NCCCCCC. The molecule has 2 amide bonds. The fourth-order valence-electron chi connectivity index (χ4n) is 5.38. The molecule has 0 aromatic rings. The number of primary amides is 1. The molecule has 270 valence electrons. The Kier molecular flexibility index (Phi) is 43.4. The minimum absolute atomic E-state index is 0.195. The third-order valence-corrected chi connectivity index (χ3v) is 8.42. The minimum atomic E-state index is -0.195. The van der Waals surface area contributed by atoms with Crippen molar-refractivity contribution in [3.05, 3.63) is 36.5 Å². The monoisotopic (exact) mass is 645 g/mol.